The van der Waals surface area contributed by atoms with Crippen LogP contribution in [0, 0.1) is 0 Å². The summed E-state index contributed by atoms with van der Waals surface area (Å²) in [5.41, 5.74) is 0. The van der Waals surface area contributed by atoms with Crippen LogP contribution in [0.25, 0.3) is 0 Å². The minimum atomic E-state index is 0.00905. The fourth-order valence-corrected chi connectivity index (χ4v) is 2.43. The van der Waals surface area contributed by atoms with Crippen molar-refractivity contribution in [2.45, 2.75) is 13.3 Å². The normalized spacial score (nSPS) is 10.1. The number of carbonyl (C=O) groups is 1. The summed E-state index contributed by atoms with van der Waals surface area (Å²) >= 11 is 4.84. The monoisotopic (exact) mass is 291 g/mol. The maximum absolute atomic E-state index is 11.3. The largest absolute Gasteiger partial charge is 0.358 e. The van der Waals surface area contributed by atoms with Crippen LogP contribution in [-0.2, 0) is 4.79 Å². The van der Waals surface area contributed by atoms with Crippen molar-refractivity contribution in [3.05, 3.63) is 9.98 Å². The van der Waals surface area contributed by atoms with Crippen LogP contribution in [0.2, 0.25) is 0 Å². The quantitative estimate of drug-likeness (QED) is 0.901. The number of amides is 1. The summed E-state index contributed by atoms with van der Waals surface area (Å²) in [7, 11) is 1.64. The van der Waals surface area contributed by atoms with Crippen LogP contribution in [-0.4, -0.2) is 31.0 Å². The molecule has 0 aromatic carbocycles. The van der Waals surface area contributed by atoms with Crippen molar-refractivity contribution in [1.29, 1.82) is 0 Å². The zero-order valence-corrected chi connectivity index (χ0v) is 11.2. The second-order valence-corrected chi connectivity index (χ2v) is 4.70. The molecule has 0 aliphatic rings. The predicted molar refractivity (Wildman–Crippen MR) is 66.4 cm³/mol. The third-order valence-electron chi connectivity index (χ3n) is 1.84. The lowest BCUT2D eigenvalue weighted by atomic mass is 10.4. The van der Waals surface area contributed by atoms with Crippen molar-refractivity contribution >= 4 is 38.3 Å². The highest BCUT2D eigenvalue weighted by Crippen LogP contribution is 2.23. The van der Waals surface area contributed by atoms with E-state index in [2.05, 4.69) is 33.2 Å². The molecule has 1 aromatic heterocycles. The lowest BCUT2D eigenvalue weighted by molar-refractivity contribution is -0.119. The second kappa shape index (κ2) is 6.07. The third-order valence-corrected chi connectivity index (χ3v) is 3.45. The number of hydrogen-bond acceptors (Lipinski definition) is 4. The average Bonchev–Trinajstić information content (AvgIpc) is 2.64. The Morgan fingerprint density at radius 2 is 2.47 bits per heavy atom. The number of nitrogens with zero attached hydrogens (tertiary/aromatic N) is 2. The van der Waals surface area contributed by atoms with Crippen molar-refractivity contribution in [3.8, 4) is 0 Å². The maximum atomic E-state index is 11.3. The molecule has 0 atom stereocenters. The highest BCUT2D eigenvalue weighted by Gasteiger charge is 2.12. The maximum Gasteiger partial charge on any atom is 0.239 e. The van der Waals surface area contributed by atoms with Crippen LogP contribution < -0.4 is 10.2 Å². The molecule has 6 heteroatoms. The smallest absolute Gasteiger partial charge is 0.239 e. The minimum absolute atomic E-state index is 0.00905. The van der Waals surface area contributed by atoms with Gasteiger partial charge in [-0.05, 0) is 22.4 Å². The van der Waals surface area contributed by atoms with Crippen LogP contribution in [0.1, 0.15) is 13.3 Å². The highest BCUT2D eigenvalue weighted by atomic mass is 79.9. The van der Waals surface area contributed by atoms with Crippen LogP contribution >= 0.6 is 27.3 Å². The number of halogens is 1. The van der Waals surface area contributed by atoms with E-state index >= 15 is 0 Å². The minimum Gasteiger partial charge on any atom is -0.358 e. The molecule has 0 radical (unpaired) electrons. The fraction of sp³-hybridized carbons (Fsp3) is 0.556. The molecule has 1 aromatic rings. The Kier molecular flexibility index (Phi) is 5.04. The number of rotatable bonds is 5. The molecule has 0 aliphatic heterocycles. The summed E-state index contributed by atoms with van der Waals surface area (Å²) in [6.07, 6.45) is 0.994. The Morgan fingerprint density at radius 1 is 1.73 bits per heavy atom. The van der Waals surface area contributed by atoms with Gasteiger partial charge in [0.25, 0.3) is 0 Å². The van der Waals surface area contributed by atoms with Crippen LogP contribution in [0.3, 0.4) is 0 Å². The Bertz CT molecular complexity index is 329. The molecule has 4 nitrogen and oxygen atoms in total. The molecule has 84 valence electrons. The summed E-state index contributed by atoms with van der Waals surface area (Å²) in [6, 6.07) is 0. The van der Waals surface area contributed by atoms with E-state index in [1.807, 2.05) is 10.3 Å². The van der Waals surface area contributed by atoms with E-state index in [0.717, 1.165) is 22.7 Å². The molecule has 0 aliphatic carbocycles. The van der Waals surface area contributed by atoms with Gasteiger partial charge in [-0.15, -0.1) is 11.3 Å². The SMILES string of the molecule is CCCN(CC(=O)NC)c1nc(Br)cs1. The van der Waals surface area contributed by atoms with Gasteiger partial charge in [0, 0.05) is 19.0 Å². The number of likely N-dealkylation sites (N-methyl/N-ethyl adjacent to an activating group) is 1. The first-order valence-corrected chi connectivity index (χ1v) is 6.41. The molecule has 15 heavy (non-hydrogen) atoms. The molecular weight excluding hydrogens is 278 g/mol. The Morgan fingerprint density at radius 3 is 2.93 bits per heavy atom. The molecule has 1 rings (SSSR count). The van der Waals surface area contributed by atoms with Gasteiger partial charge in [0.1, 0.15) is 4.60 Å². The van der Waals surface area contributed by atoms with Gasteiger partial charge in [0.05, 0.1) is 6.54 Å². The van der Waals surface area contributed by atoms with Gasteiger partial charge >= 0.3 is 0 Å². The Balaban J connectivity index is 2.69. The van der Waals surface area contributed by atoms with Gasteiger partial charge in [0.15, 0.2) is 5.13 Å². The summed E-state index contributed by atoms with van der Waals surface area (Å²) in [5.74, 6) is 0.00905. The average molecular weight is 292 g/mol. The van der Waals surface area contributed by atoms with Gasteiger partial charge in [-0.25, -0.2) is 4.98 Å². The van der Waals surface area contributed by atoms with Gasteiger partial charge in [-0.3, -0.25) is 4.79 Å². The van der Waals surface area contributed by atoms with Crippen LogP contribution in [0.15, 0.2) is 9.98 Å². The molecule has 0 unspecified atom stereocenters. The van der Waals surface area contributed by atoms with E-state index in [-0.39, 0.29) is 5.91 Å². The van der Waals surface area contributed by atoms with E-state index in [0.29, 0.717) is 6.54 Å². The van der Waals surface area contributed by atoms with Gasteiger partial charge in [-0.2, -0.15) is 0 Å². The van der Waals surface area contributed by atoms with Gasteiger partial charge < -0.3 is 10.2 Å². The summed E-state index contributed by atoms with van der Waals surface area (Å²) < 4.78 is 0.820. The number of thiazole rings is 1. The van der Waals surface area contributed by atoms with Crippen LogP contribution in [0.4, 0.5) is 5.13 Å². The molecule has 0 fully saturated rings. The number of nitrogens with one attached hydrogen (secondary N) is 1. The zero-order chi connectivity index (χ0) is 11.3. The predicted octanol–water partition coefficient (Wildman–Crippen LogP) is 1.87. The van der Waals surface area contributed by atoms with E-state index in [1.54, 1.807) is 7.05 Å². The second-order valence-electron chi connectivity index (χ2n) is 3.05. The molecule has 0 saturated heterocycles. The van der Waals surface area contributed by atoms with E-state index in [1.165, 1.54) is 11.3 Å². The third kappa shape index (κ3) is 3.79. The Hall–Kier alpha value is -0.620. The topological polar surface area (TPSA) is 45.2 Å². The Labute approximate surface area is 102 Å². The number of carbonyl (C=O) groups excluding carboxylic acids is 1. The lowest BCUT2D eigenvalue weighted by Gasteiger charge is -2.19. The first-order valence-electron chi connectivity index (χ1n) is 4.74. The van der Waals surface area contributed by atoms with Crippen molar-refractivity contribution in [2.75, 3.05) is 25.0 Å². The van der Waals surface area contributed by atoms with Gasteiger partial charge in [0.2, 0.25) is 5.91 Å². The number of hydrogen-bond donors (Lipinski definition) is 1. The molecular formula is C9H14BrN3OS. The number of anilines is 1. The van der Waals surface area contributed by atoms with Crippen molar-refractivity contribution in [2.24, 2.45) is 0 Å². The lowest BCUT2D eigenvalue weighted by Crippen LogP contribution is -2.36. The van der Waals surface area contributed by atoms with E-state index in [9.17, 15) is 4.79 Å². The van der Waals surface area contributed by atoms with Crippen LogP contribution in [0.5, 0.6) is 0 Å². The summed E-state index contributed by atoms with van der Waals surface area (Å²) in [5, 5.41) is 5.42. The first kappa shape index (κ1) is 12.4. The molecule has 0 saturated carbocycles. The van der Waals surface area contributed by atoms with E-state index in [4.69, 9.17) is 0 Å². The summed E-state index contributed by atoms with van der Waals surface area (Å²) in [4.78, 5) is 17.6. The molecule has 1 amide bonds. The fourth-order valence-electron chi connectivity index (χ4n) is 1.16. The van der Waals surface area contributed by atoms with Crippen molar-refractivity contribution in [1.82, 2.24) is 10.3 Å². The first-order chi connectivity index (χ1) is 7.17. The summed E-state index contributed by atoms with van der Waals surface area (Å²) in [6.45, 7) is 3.29. The molecule has 1 N–H and O–H groups in total. The zero-order valence-electron chi connectivity index (χ0n) is 8.79. The molecule has 0 bridgehead atoms. The highest BCUT2D eigenvalue weighted by molar-refractivity contribution is 9.10. The van der Waals surface area contributed by atoms with Crippen molar-refractivity contribution < 1.29 is 4.79 Å². The van der Waals surface area contributed by atoms with Crippen molar-refractivity contribution in [3.63, 3.8) is 0 Å². The van der Waals surface area contributed by atoms with Gasteiger partial charge in [-0.1, -0.05) is 6.92 Å². The van der Waals surface area contributed by atoms with E-state index < -0.39 is 0 Å². The molecule has 0 spiro atoms. The standard InChI is InChI=1S/C9H14BrN3OS/c1-3-4-13(5-8(14)11-2)9-12-7(10)6-15-9/h6H,3-5H2,1-2H3,(H,11,14). The molecule has 1 heterocycles. The number of aromatic nitrogens is 1.